The van der Waals surface area contributed by atoms with Crippen molar-refractivity contribution >= 4 is 0 Å². The van der Waals surface area contributed by atoms with Crippen molar-refractivity contribution in [1.82, 2.24) is 10.2 Å². The Morgan fingerprint density at radius 3 is 2.30 bits per heavy atom. The van der Waals surface area contributed by atoms with E-state index in [0.717, 1.165) is 31.7 Å². The second-order valence-corrected chi connectivity index (χ2v) is 4.64. The number of piperazine rings is 1. The molecule has 20 heavy (non-hydrogen) atoms. The third-order valence-corrected chi connectivity index (χ3v) is 3.45. The first-order valence-corrected chi connectivity index (χ1v) is 6.61. The van der Waals surface area contributed by atoms with Crippen LogP contribution >= 0.6 is 0 Å². The first-order chi connectivity index (χ1) is 9.71. The van der Waals surface area contributed by atoms with Crippen LogP contribution in [0.5, 0.6) is 17.2 Å². The molecule has 0 aromatic heterocycles. The molecule has 1 aliphatic heterocycles. The molecule has 0 atom stereocenters. The first kappa shape index (κ1) is 14.9. The van der Waals surface area contributed by atoms with E-state index in [1.807, 2.05) is 0 Å². The largest absolute Gasteiger partial charge is 0.493 e. The monoisotopic (exact) mass is 284 g/mol. The standard InChI is InChI=1S/C14H21FN2O3/c1-18-11-8-10(9-17-6-4-16-5-7-17)13(19-2)12(15)14(11)20-3/h8,16H,4-7,9H2,1-3H3. The summed E-state index contributed by atoms with van der Waals surface area (Å²) in [4.78, 5) is 2.25. The van der Waals surface area contributed by atoms with Gasteiger partial charge in [-0.3, -0.25) is 4.90 Å². The van der Waals surface area contributed by atoms with Crippen molar-refractivity contribution < 1.29 is 18.6 Å². The van der Waals surface area contributed by atoms with Crippen molar-refractivity contribution in [1.29, 1.82) is 0 Å². The first-order valence-electron chi connectivity index (χ1n) is 6.61. The topological polar surface area (TPSA) is 43.0 Å². The molecule has 112 valence electrons. The van der Waals surface area contributed by atoms with Crippen LogP contribution < -0.4 is 19.5 Å². The van der Waals surface area contributed by atoms with Gasteiger partial charge in [-0.05, 0) is 6.07 Å². The number of rotatable bonds is 5. The molecule has 0 aliphatic carbocycles. The minimum Gasteiger partial charge on any atom is -0.493 e. The second kappa shape index (κ2) is 6.76. The summed E-state index contributed by atoms with van der Waals surface area (Å²) >= 11 is 0. The molecule has 1 heterocycles. The number of hydrogen-bond donors (Lipinski definition) is 1. The van der Waals surface area contributed by atoms with E-state index in [-0.39, 0.29) is 11.5 Å². The Labute approximate surface area is 118 Å². The van der Waals surface area contributed by atoms with E-state index in [0.29, 0.717) is 12.3 Å². The van der Waals surface area contributed by atoms with Crippen molar-refractivity contribution in [3.8, 4) is 17.2 Å². The summed E-state index contributed by atoms with van der Waals surface area (Å²) in [6.45, 7) is 4.37. The molecule has 0 saturated carbocycles. The van der Waals surface area contributed by atoms with Gasteiger partial charge in [-0.25, -0.2) is 0 Å². The van der Waals surface area contributed by atoms with Crippen molar-refractivity contribution in [2.24, 2.45) is 0 Å². The van der Waals surface area contributed by atoms with Gasteiger partial charge in [0.2, 0.25) is 11.6 Å². The highest BCUT2D eigenvalue weighted by Gasteiger charge is 2.22. The van der Waals surface area contributed by atoms with Crippen LogP contribution in [0.3, 0.4) is 0 Å². The summed E-state index contributed by atoms with van der Waals surface area (Å²) in [6, 6.07) is 1.78. The quantitative estimate of drug-likeness (QED) is 0.881. The van der Waals surface area contributed by atoms with Gasteiger partial charge >= 0.3 is 0 Å². The minimum absolute atomic E-state index is 0.0772. The van der Waals surface area contributed by atoms with Crippen molar-refractivity contribution in [3.05, 3.63) is 17.4 Å². The summed E-state index contributed by atoms with van der Waals surface area (Å²) in [6.07, 6.45) is 0. The average molecular weight is 284 g/mol. The highest BCUT2D eigenvalue weighted by Crippen LogP contribution is 2.39. The summed E-state index contributed by atoms with van der Waals surface area (Å²) in [5.41, 5.74) is 0.768. The van der Waals surface area contributed by atoms with Crippen molar-refractivity contribution in [2.75, 3.05) is 47.5 Å². The van der Waals surface area contributed by atoms with Gasteiger partial charge in [0.25, 0.3) is 0 Å². The van der Waals surface area contributed by atoms with Crippen LogP contribution in [0.2, 0.25) is 0 Å². The molecule has 1 N–H and O–H groups in total. The molecule has 1 fully saturated rings. The Kier molecular flexibility index (Phi) is 5.03. The van der Waals surface area contributed by atoms with E-state index < -0.39 is 5.82 Å². The van der Waals surface area contributed by atoms with Crippen molar-refractivity contribution in [2.45, 2.75) is 6.54 Å². The maximum Gasteiger partial charge on any atom is 0.211 e. The van der Waals surface area contributed by atoms with Crippen LogP contribution in [0.25, 0.3) is 0 Å². The lowest BCUT2D eigenvalue weighted by molar-refractivity contribution is 0.227. The van der Waals surface area contributed by atoms with Crippen molar-refractivity contribution in [3.63, 3.8) is 0 Å². The van der Waals surface area contributed by atoms with E-state index in [1.54, 1.807) is 6.07 Å². The Morgan fingerprint density at radius 1 is 1.10 bits per heavy atom. The van der Waals surface area contributed by atoms with Gasteiger partial charge < -0.3 is 19.5 Å². The molecule has 5 nitrogen and oxygen atoms in total. The van der Waals surface area contributed by atoms with Gasteiger partial charge in [0.1, 0.15) is 0 Å². The van der Waals surface area contributed by atoms with Crippen LogP contribution in [0.1, 0.15) is 5.56 Å². The van der Waals surface area contributed by atoms with Gasteiger partial charge in [-0.2, -0.15) is 4.39 Å². The Balaban J connectivity index is 2.32. The van der Waals surface area contributed by atoms with Crippen LogP contribution in [-0.4, -0.2) is 52.4 Å². The molecule has 2 rings (SSSR count). The zero-order chi connectivity index (χ0) is 14.5. The van der Waals surface area contributed by atoms with E-state index in [1.165, 1.54) is 21.3 Å². The molecule has 0 unspecified atom stereocenters. The van der Waals surface area contributed by atoms with Gasteiger partial charge in [0.05, 0.1) is 21.3 Å². The molecule has 0 bridgehead atoms. The van der Waals surface area contributed by atoms with E-state index in [2.05, 4.69) is 10.2 Å². The molecule has 0 spiro atoms. The van der Waals surface area contributed by atoms with Gasteiger partial charge in [-0.1, -0.05) is 0 Å². The lowest BCUT2D eigenvalue weighted by Crippen LogP contribution is -2.42. The normalized spacial score (nSPS) is 16.0. The predicted octanol–water partition coefficient (Wildman–Crippen LogP) is 1.26. The number of methoxy groups -OCH3 is 3. The van der Waals surface area contributed by atoms with Crippen LogP contribution in [0.15, 0.2) is 6.07 Å². The second-order valence-electron chi connectivity index (χ2n) is 4.64. The van der Waals surface area contributed by atoms with E-state index >= 15 is 0 Å². The molecule has 0 amide bonds. The SMILES string of the molecule is COc1cc(CN2CCNCC2)c(OC)c(F)c1OC. The summed E-state index contributed by atoms with van der Waals surface area (Å²) in [7, 11) is 4.38. The molecule has 6 heteroatoms. The van der Waals surface area contributed by atoms with Gasteiger partial charge in [0, 0.05) is 38.3 Å². The van der Waals surface area contributed by atoms with E-state index in [4.69, 9.17) is 14.2 Å². The molecule has 1 aliphatic rings. The fourth-order valence-corrected chi connectivity index (χ4v) is 2.43. The third-order valence-electron chi connectivity index (χ3n) is 3.45. The molecular weight excluding hydrogens is 263 g/mol. The number of ether oxygens (including phenoxy) is 3. The summed E-state index contributed by atoms with van der Waals surface area (Å²) in [5, 5.41) is 3.29. The number of benzene rings is 1. The highest BCUT2D eigenvalue weighted by molar-refractivity contribution is 5.52. The maximum absolute atomic E-state index is 14.4. The Hall–Kier alpha value is -1.53. The minimum atomic E-state index is -0.514. The smallest absolute Gasteiger partial charge is 0.211 e. The van der Waals surface area contributed by atoms with E-state index in [9.17, 15) is 4.39 Å². The Bertz CT molecular complexity index is 462. The number of halogens is 1. The lowest BCUT2D eigenvalue weighted by atomic mass is 10.1. The summed E-state index contributed by atoms with van der Waals surface area (Å²) in [5.74, 6) is 0.171. The fourth-order valence-electron chi connectivity index (χ4n) is 2.43. The number of nitrogens with zero attached hydrogens (tertiary/aromatic N) is 1. The molecular formula is C14H21FN2O3. The predicted molar refractivity (Wildman–Crippen MR) is 74.2 cm³/mol. The molecule has 1 aromatic rings. The lowest BCUT2D eigenvalue weighted by Gasteiger charge is -2.28. The number of hydrogen-bond acceptors (Lipinski definition) is 5. The third kappa shape index (κ3) is 2.96. The molecule has 0 radical (unpaired) electrons. The van der Waals surface area contributed by atoms with Gasteiger partial charge in [0.15, 0.2) is 11.5 Å². The zero-order valence-electron chi connectivity index (χ0n) is 12.2. The van der Waals surface area contributed by atoms with Crippen LogP contribution in [0, 0.1) is 5.82 Å². The van der Waals surface area contributed by atoms with Gasteiger partial charge in [-0.15, -0.1) is 0 Å². The molecule has 1 aromatic carbocycles. The summed E-state index contributed by atoms with van der Waals surface area (Å²) < 4.78 is 29.8. The number of nitrogens with one attached hydrogen (secondary N) is 1. The van der Waals surface area contributed by atoms with Crippen LogP contribution in [-0.2, 0) is 6.54 Å². The zero-order valence-corrected chi connectivity index (χ0v) is 12.2. The molecule has 1 saturated heterocycles. The Morgan fingerprint density at radius 2 is 1.75 bits per heavy atom. The fraction of sp³-hybridized carbons (Fsp3) is 0.571. The highest BCUT2D eigenvalue weighted by atomic mass is 19.1. The maximum atomic E-state index is 14.4. The average Bonchev–Trinajstić information content (AvgIpc) is 2.48. The van der Waals surface area contributed by atoms with Crippen LogP contribution in [0.4, 0.5) is 4.39 Å².